The average Bonchev–Trinajstić information content (AvgIpc) is 3.08. The molecule has 0 aliphatic rings. The van der Waals surface area contributed by atoms with E-state index in [1.807, 2.05) is 23.6 Å². The number of aliphatic hydroxyl groups is 2. The number of thiophene rings is 2. The number of nitrogens with one attached hydrogen (secondary N) is 1. The second kappa shape index (κ2) is 5.83. The first-order chi connectivity index (χ1) is 9.08. The lowest BCUT2D eigenvalue weighted by Gasteiger charge is -2.25. The molecule has 4 nitrogen and oxygen atoms in total. The van der Waals surface area contributed by atoms with Crippen LogP contribution in [-0.2, 0) is 0 Å². The van der Waals surface area contributed by atoms with Crippen LogP contribution in [0.25, 0.3) is 9.75 Å². The molecule has 102 valence electrons. The van der Waals surface area contributed by atoms with Crippen molar-refractivity contribution in [3.05, 3.63) is 34.5 Å². The minimum Gasteiger partial charge on any atom is -0.394 e. The Morgan fingerprint density at radius 1 is 1.26 bits per heavy atom. The van der Waals surface area contributed by atoms with E-state index in [0.29, 0.717) is 4.88 Å². The summed E-state index contributed by atoms with van der Waals surface area (Å²) in [5, 5.41) is 23.0. The highest BCUT2D eigenvalue weighted by molar-refractivity contribution is 7.22. The van der Waals surface area contributed by atoms with Crippen LogP contribution in [0.2, 0.25) is 0 Å². The molecule has 0 aliphatic carbocycles. The van der Waals surface area contributed by atoms with Crippen molar-refractivity contribution in [2.75, 3.05) is 13.2 Å². The second-order valence-electron chi connectivity index (χ2n) is 4.47. The van der Waals surface area contributed by atoms with Crippen molar-refractivity contribution in [1.29, 1.82) is 0 Å². The monoisotopic (exact) mass is 297 g/mol. The first kappa shape index (κ1) is 14.2. The summed E-state index contributed by atoms with van der Waals surface area (Å²) in [4.78, 5) is 14.8. The zero-order chi connectivity index (χ0) is 13.9. The molecule has 6 heteroatoms. The highest BCUT2D eigenvalue weighted by Gasteiger charge is 2.25. The maximum atomic E-state index is 12.0. The Kier molecular flexibility index (Phi) is 4.36. The molecule has 3 N–H and O–H groups in total. The molecule has 0 aromatic carbocycles. The largest absolute Gasteiger partial charge is 0.394 e. The highest BCUT2D eigenvalue weighted by Crippen LogP contribution is 2.31. The van der Waals surface area contributed by atoms with Crippen molar-refractivity contribution in [2.24, 2.45) is 0 Å². The van der Waals surface area contributed by atoms with Crippen molar-refractivity contribution >= 4 is 28.6 Å². The molecule has 0 saturated carbocycles. The van der Waals surface area contributed by atoms with Gasteiger partial charge in [0.1, 0.15) is 0 Å². The molecular weight excluding hydrogens is 282 g/mol. The summed E-state index contributed by atoms with van der Waals surface area (Å²) in [6, 6.07) is 7.63. The van der Waals surface area contributed by atoms with Gasteiger partial charge in [0, 0.05) is 9.75 Å². The summed E-state index contributed by atoms with van der Waals surface area (Å²) in [6.45, 7) is 0.982. The Morgan fingerprint density at radius 3 is 2.58 bits per heavy atom. The van der Waals surface area contributed by atoms with Gasteiger partial charge in [0.05, 0.1) is 23.6 Å². The third-order valence-electron chi connectivity index (χ3n) is 2.71. The van der Waals surface area contributed by atoms with E-state index >= 15 is 0 Å². The summed E-state index contributed by atoms with van der Waals surface area (Å²) >= 11 is 3.02. The number of rotatable bonds is 5. The van der Waals surface area contributed by atoms with Gasteiger partial charge in [0.25, 0.3) is 5.91 Å². The van der Waals surface area contributed by atoms with Crippen molar-refractivity contribution in [3.8, 4) is 9.75 Å². The molecule has 0 radical (unpaired) electrons. The third kappa shape index (κ3) is 3.22. The van der Waals surface area contributed by atoms with E-state index in [2.05, 4.69) is 5.32 Å². The Morgan fingerprint density at radius 2 is 2.00 bits per heavy atom. The molecule has 2 aromatic rings. The lowest BCUT2D eigenvalue weighted by molar-refractivity contribution is 0.0727. The minimum absolute atomic E-state index is 0.279. The van der Waals surface area contributed by atoms with Gasteiger partial charge in [0.2, 0.25) is 0 Å². The quantitative estimate of drug-likeness (QED) is 0.790. The van der Waals surface area contributed by atoms with Crippen LogP contribution in [-0.4, -0.2) is 34.9 Å². The van der Waals surface area contributed by atoms with Gasteiger partial charge in [0.15, 0.2) is 0 Å². The zero-order valence-electron chi connectivity index (χ0n) is 10.4. The molecule has 19 heavy (non-hydrogen) atoms. The Bertz CT molecular complexity index is 544. The fourth-order valence-corrected chi connectivity index (χ4v) is 3.21. The molecule has 0 bridgehead atoms. The van der Waals surface area contributed by atoms with E-state index in [9.17, 15) is 4.79 Å². The van der Waals surface area contributed by atoms with E-state index in [-0.39, 0.29) is 19.1 Å². The van der Waals surface area contributed by atoms with Crippen LogP contribution < -0.4 is 5.32 Å². The van der Waals surface area contributed by atoms with Crippen LogP contribution in [0.5, 0.6) is 0 Å². The summed E-state index contributed by atoms with van der Waals surface area (Å²) in [6.07, 6.45) is 0. The van der Waals surface area contributed by atoms with Gasteiger partial charge in [-0.2, -0.15) is 0 Å². The first-order valence-electron chi connectivity index (χ1n) is 5.76. The number of carbonyl (C=O) groups excluding carboxylic acids is 1. The van der Waals surface area contributed by atoms with Crippen LogP contribution in [0.4, 0.5) is 0 Å². The molecule has 0 unspecified atom stereocenters. The van der Waals surface area contributed by atoms with Gasteiger partial charge >= 0.3 is 0 Å². The smallest absolute Gasteiger partial charge is 0.261 e. The second-order valence-corrected chi connectivity index (χ2v) is 6.50. The molecule has 0 spiro atoms. The number of hydrogen-bond acceptors (Lipinski definition) is 5. The SMILES string of the molecule is CC(CO)(CO)NC(=O)c1ccc(-c2cccs2)s1. The van der Waals surface area contributed by atoms with Gasteiger partial charge in [-0.15, -0.1) is 22.7 Å². The molecule has 0 aliphatic heterocycles. The third-order valence-corrected chi connectivity index (χ3v) is 4.86. The normalized spacial score (nSPS) is 11.5. The Hall–Kier alpha value is -1.21. The van der Waals surface area contributed by atoms with Gasteiger partial charge in [-0.05, 0) is 30.5 Å². The predicted octanol–water partition coefficient (Wildman–Crippen LogP) is 1.95. The first-order valence-corrected chi connectivity index (χ1v) is 7.45. The van der Waals surface area contributed by atoms with Crippen molar-refractivity contribution < 1.29 is 15.0 Å². The van der Waals surface area contributed by atoms with Crippen molar-refractivity contribution in [1.82, 2.24) is 5.32 Å². The van der Waals surface area contributed by atoms with Crippen molar-refractivity contribution in [3.63, 3.8) is 0 Å². The molecule has 0 saturated heterocycles. The lowest BCUT2D eigenvalue weighted by atomic mass is 10.1. The van der Waals surface area contributed by atoms with E-state index < -0.39 is 5.54 Å². The van der Waals surface area contributed by atoms with Crippen LogP contribution in [0, 0.1) is 0 Å². The number of hydrogen-bond donors (Lipinski definition) is 3. The van der Waals surface area contributed by atoms with Gasteiger partial charge < -0.3 is 15.5 Å². The minimum atomic E-state index is -0.996. The van der Waals surface area contributed by atoms with Gasteiger partial charge in [-0.1, -0.05) is 6.07 Å². The number of carbonyl (C=O) groups is 1. The fourth-order valence-electron chi connectivity index (χ4n) is 1.48. The van der Waals surface area contributed by atoms with E-state index in [0.717, 1.165) is 9.75 Å². The molecule has 1 amide bonds. The van der Waals surface area contributed by atoms with Crippen LogP contribution in [0.3, 0.4) is 0 Å². The summed E-state index contributed by atoms with van der Waals surface area (Å²) in [5.74, 6) is -0.279. The Labute approximate surface area is 119 Å². The molecule has 0 atom stereocenters. The van der Waals surface area contributed by atoms with E-state index in [4.69, 9.17) is 10.2 Å². The topological polar surface area (TPSA) is 69.6 Å². The zero-order valence-corrected chi connectivity index (χ0v) is 12.1. The van der Waals surface area contributed by atoms with Crippen molar-refractivity contribution in [2.45, 2.75) is 12.5 Å². The maximum Gasteiger partial charge on any atom is 0.261 e. The standard InChI is InChI=1S/C13H15NO3S2/c1-13(7-15,8-16)14-12(17)11-5-4-10(19-11)9-3-2-6-18-9/h2-6,15-16H,7-8H2,1H3,(H,14,17). The summed E-state index contributed by atoms with van der Waals surface area (Å²) < 4.78 is 0. The predicted molar refractivity (Wildman–Crippen MR) is 77.7 cm³/mol. The number of aliphatic hydroxyl groups excluding tert-OH is 2. The molecule has 2 aromatic heterocycles. The molecule has 2 heterocycles. The molecular formula is C13H15NO3S2. The number of amides is 1. The average molecular weight is 297 g/mol. The van der Waals surface area contributed by atoms with Gasteiger partial charge in [-0.3, -0.25) is 4.79 Å². The summed E-state index contributed by atoms with van der Waals surface area (Å²) in [5.41, 5.74) is -0.996. The van der Waals surface area contributed by atoms with Crippen LogP contribution in [0.1, 0.15) is 16.6 Å². The molecule has 0 fully saturated rings. The Balaban J connectivity index is 2.13. The maximum absolute atomic E-state index is 12.0. The van der Waals surface area contributed by atoms with Crippen LogP contribution in [0.15, 0.2) is 29.6 Å². The fraction of sp³-hybridized carbons (Fsp3) is 0.308. The van der Waals surface area contributed by atoms with E-state index in [1.165, 1.54) is 11.3 Å². The lowest BCUT2D eigenvalue weighted by Crippen LogP contribution is -2.51. The van der Waals surface area contributed by atoms with Gasteiger partial charge in [-0.25, -0.2) is 0 Å². The highest BCUT2D eigenvalue weighted by atomic mass is 32.1. The molecule has 2 rings (SSSR count). The van der Waals surface area contributed by atoms with E-state index in [1.54, 1.807) is 24.3 Å². The summed E-state index contributed by atoms with van der Waals surface area (Å²) in [7, 11) is 0. The van der Waals surface area contributed by atoms with Crippen LogP contribution >= 0.6 is 22.7 Å².